The van der Waals surface area contributed by atoms with E-state index in [-0.39, 0.29) is 91.6 Å². The number of hydrogen-bond acceptors (Lipinski definition) is 19. The minimum Gasteiger partial charge on any atom is -0.495 e. The molecule has 4 fully saturated rings. The van der Waals surface area contributed by atoms with Gasteiger partial charge in [0.15, 0.2) is 11.5 Å². The number of unbranched alkanes of at least 4 members (excludes halogenated alkanes) is 1. The molecule has 4 bridgehead atoms. The fraction of sp³-hybridized carbons (Fsp3) is 0.650. The summed E-state index contributed by atoms with van der Waals surface area (Å²) < 4.78 is 29.5. The second-order valence-corrected chi connectivity index (χ2v) is 25.2. The van der Waals surface area contributed by atoms with Crippen LogP contribution in [0.15, 0.2) is 35.9 Å². The Labute approximate surface area is 522 Å². The molecule has 0 radical (unpaired) electrons. The van der Waals surface area contributed by atoms with Crippen LogP contribution < -0.4 is 42.0 Å². The lowest BCUT2D eigenvalue weighted by atomic mass is 9.81. The van der Waals surface area contributed by atoms with E-state index < -0.39 is 107 Å². The minimum absolute atomic E-state index is 0.000968. The Balaban J connectivity index is 0.979. The molecule has 4 heterocycles. The van der Waals surface area contributed by atoms with Crippen LogP contribution in [0.3, 0.4) is 0 Å². The summed E-state index contributed by atoms with van der Waals surface area (Å²) in [4.78, 5) is 147. The highest BCUT2D eigenvalue weighted by Gasteiger charge is 2.64. The molecule has 9 amide bonds. The first-order chi connectivity index (χ1) is 41.6. The topological polar surface area (TPSA) is 353 Å². The molecule has 1 aromatic carbocycles. The van der Waals surface area contributed by atoms with Crippen molar-refractivity contribution in [3.8, 4) is 5.75 Å². The summed E-state index contributed by atoms with van der Waals surface area (Å²) in [5.74, 6) is -4.89. The number of benzene rings is 1. The summed E-state index contributed by atoms with van der Waals surface area (Å²) in [7, 11) is 5.84. The largest absolute Gasteiger partial charge is 0.495 e. The van der Waals surface area contributed by atoms with Crippen molar-refractivity contribution in [3.05, 3.63) is 46.5 Å². The number of methoxy groups -OCH3 is 2. The zero-order valence-corrected chi connectivity index (χ0v) is 53.1. The molecule has 88 heavy (non-hydrogen) atoms. The van der Waals surface area contributed by atoms with Crippen molar-refractivity contribution in [1.82, 2.24) is 36.4 Å². The number of esters is 1. The molecular formula is C60H86ClN9O17S. The van der Waals surface area contributed by atoms with Crippen molar-refractivity contribution in [3.63, 3.8) is 0 Å². The van der Waals surface area contributed by atoms with Crippen LogP contribution in [0.4, 0.5) is 10.5 Å². The Kier molecular flexibility index (Phi) is 25.4. The number of rotatable bonds is 24. The van der Waals surface area contributed by atoms with Gasteiger partial charge in [-0.1, -0.05) is 42.3 Å². The third-order valence-corrected chi connectivity index (χ3v) is 18.7. The Morgan fingerprint density at radius 3 is 2.34 bits per heavy atom. The molecule has 0 spiro atoms. The number of ether oxygens (including phenoxy) is 5. The van der Waals surface area contributed by atoms with Crippen LogP contribution in [0.25, 0.3) is 0 Å². The van der Waals surface area contributed by atoms with Gasteiger partial charge in [-0.3, -0.25) is 53.4 Å². The number of likely N-dealkylation sites (N-methyl/N-ethyl adjacent to an activating group) is 1. The molecule has 4 aliphatic heterocycles. The number of alkyl carbamates (subject to hydrolysis) is 1. The van der Waals surface area contributed by atoms with Crippen molar-refractivity contribution in [2.45, 2.75) is 165 Å². The van der Waals surface area contributed by atoms with Gasteiger partial charge in [0.1, 0.15) is 40.7 Å². The number of anilines is 1. The summed E-state index contributed by atoms with van der Waals surface area (Å²) in [6.45, 7) is 7.72. The summed E-state index contributed by atoms with van der Waals surface area (Å²) in [6, 6.07) is 1.57. The highest BCUT2D eigenvalue weighted by atomic mass is 35.5. The first kappa shape index (κ1) is 70.4. The maximum atomic E-state index is 14.4. The Morgan fingerprint density at radius 1 is 0.977 bits per heavy atom. The number of amides is 9. The van der Waals surface area contributed by atoms with Crippen LogP contribution in [0.2, 0.25) is 5.02 Å². The van der Waals surface area contributed by atoms with Crippen molar-refractivity contribution in [2.24, 2.45) is 23.5 Å². The number of hydrogen-bond donors (Lipinski definition) is 7. The number of Topliss-reactive ketones (excluding diaryl/α,β-unsaturated/α-hetero) is 1. The van der Waals surface area contributed by atoms with Gasteiger partial charge in [0.25, 0.3) is 0 Å². The van der Waals surface area contributed by atoms with E-state index >= 15 is 0 Å². The molecule has 3 unspecified atom stereocenters. The van der Waals surface area contributed by atoms with E-state index in [1.165, 1.54) is 68.6 Å². The van der Waals surface area contributed by atoms with Gasteiger partial charge in [-0.05, 0) is 103 Å². The van der Waals surface area contributed by atoms with Gasteiger partial charge in [0, 0.05) is 71.1 Å². The lowest BCUT2D eigenvalue weighted by molar-refractivity contribution is -0.162. The summed E-state index contributed by atoms with van der Waals surface area (Å²) in [5.41, 5.74) is 3.93. The molecular weight excluding hydrogens is 1190 g/mol. The predicted octanol–water partition coefficient (Wildman–Crippen LogP) is 2.12. The second kappa shape index (κ2) is 31.7. The normalized spacial score (nSPS) is 28.1. The van der Waals surface area contributed by atoms with Gasteiger partial charge in [-0.15, -0.1) is 11.8 Å². The zero-order valence-electron chi connectivity index (χ0n) is 51.6. The Bertz CT molecular complexity index is 2850. The summed E-state index contributed by atoms with van der Waals surface area (Å²) in [5, 5.41) is 24.1. The smallest absolute Gasteiger partial charge is 0.409 e. The lowest BCUT2D eigenvalue weighted by Gasteiger charge is -2.42. The number of epoxide rings is 1. The Morgan fingerprint density at radius 2 is 1.67 bits per heavy atom. The highest BCUT2D eigenvalue weighted by Crippen LogP contribution is 2.49. The van der Waals surface area contributed by atoms with Gasteiger partial charge in [-0.2, -0.15) is 0 Å². The molecule has 0 aromatic heterocycles. The number of nitrogens with zero attached hydrogens (tertiary/aromatic N) is 3. The van der Waals surface area contributed by atoms with Crippen molar-refractivity contribution < 1.29 is 81.5 Å². The van der Waals surface area contributed by atoms with Crippen molar-refractivity contribution >= 4 is 94.2 Å². The molecule has 5 aliphatic rings. The first-order valence-corrected chi connectivity index (χ1v) is 31.2. The first-order valence-electron chi connectivity index (χ1n) is 29.7. The van der Waals surface area contributed by atoms with Crippen LogP contribution in [0.5, 0.6) is 5.75 Å². The number of ketones is 1. The van der Waals surface area contributed by atoms with Gasteiger partial charge in [-0.25, -0.2) is 9.59 Å². The average Bonchev–Trinajstić information content (AvgIpc) is 1.60. The molecule has 26 nitrogen and oxygen atoms in total. The number of likely N-dealkylation sites (tertiary alicyclic amines) is 1. The minimum atomic E-state index is -1.90. The number of carbonyl (C=O) groups is 11. The van der Waals surface area contributed by atoms with Gasteiger partial charge in [0.2, 0.25) is 47.3 Å². The van der Waals surface area contributed by atoms with Crippen LogP contribution in [0.1, 0.15) is 111 Å². The number of nitrogens with two attached hydrogens (primary N) is 1. The quantitative estimate of drug-likeness (QED) is 0.0337. The second-order valence-electron chi connectivity index (χ2n) is 23.6. The molecule has 10 atom stereocenters. The van der Waals surface area contributed by atoms with Gasteiger partial charge in [0.05, 0.1) is 56.2 Å². The molecule has 28 heteroatoms. The van der Waals surface area contributed by atoms with Crippen molar-refractivity contribution in [2.75, 3.05) is 71.7 Å². The van der Waals surface area contributed by atoms with E-state index in [0.717, 1.165) is 11.1 Å². The lowest BCUT2D eigenvalue weighted by Crippen LogP contribution is -2.63. The molecule has 6 rings (SSSR count). The fourth-order valence-electron chi connectivity index (χ4n) is 11.5. The average molecular weight is 1270 g/mol. The van der Waals surface area contributed by atoms with E-state index in [2.05, 4.69) is 26.6 Å². The van der Waals surface area contributed by atoms with E-state index in [4.69, 9.17) is 41.0 Å². The van der Waals surface area contributed by atoms with E-state index in [1.54, 1.807) is 38.1 Å². The van der Waals surface area contributed by atoms with Crippen LogP contribution in [-0.2, 0) is 73.3 Å². The number of allylic oxidation sites excluding steroid dienone is 3. The van der Waals surface area contributed by atoms with Gasteiger partial charge >= 0.3 is 12.1 Å². The van der Waals surface area contributed by atoms with E-state index in [1.807, 2.05) is 13.0 Å². The van der Waals surface area contributed by atoms with E-state index in [0.29, 0.717) is 69.3 Å². The van der Waals surface area contributed by atoms with E-state index in [9.17, 15) is 57.8 Å². The highest BCUT2D eigenvalue weighted by molar-refractivity contribution is 8.00. The summed E-state index contributed by atoms with van der Waals surface area (Å²) >= 11 is 8.02. The summed E-state index contributed by atoms with van der Waals surface area (Å²) in [6.07, 6.45) is 3.89. The Hall–Kier alpha value is -6.65. The number of fused-ring (bicyclic) bond motifs is 5. The number of thioether (sulfide) groups is 1. The maximum absolute atomic E-state index is 14.4. The number of halogens is 1. The molecule has 3 saturated heterocycles. The molecule has 8 N–H and O–H groups in total. The number of imide groups is 1. The molecule has 1 aliphatic carbocycles. The van der Waals surface area contributed by atoms with Gasteiger partial charge < -0.3 is 65.6 Å². The molecule has 1 saturated carbocycles. The number of aliphatic hydroxyl groups is 1. The number of carbonyl (C=O) groups excluding carboxylic acids is 11. The predicted molar refractivity (Wildman–Crippen MR) is 323 cm³/mol. The van der Waals surface area contributed by atoms with Crippen molar-refractivity contribution in [1.29, 1.82) is 0 Å². The zero-order chi connectivity index (χ0) is 64.8. The SMILES string of the molecule is COc1cc2cc(c1Cl)N(C)C(=O)C[C@H](OC(=O)[C@H](C)N(C)C(=O)CCSC1CC(=O)N(CC3CCC(C(=O)NCCCCC(NC(=O)CNC(=O)CNC(=O)CN)C(C)=O)CC3)C1=O)[C@]1(C)O[C@H]1[C@H](C)C1C[C@@](O)(NC(=O)O1)[C@H](OC)/C=C/C=C(\C)C2. The molecule has 486 valence electrons. The van der Waals surface area contributed by atoms with Crippen LogP contribution in [-0.4, -0.2) is 200 Å². The maximum Gasteiger partial charge on any atom is 0.409 e. The van der Waals surface area contributed by atoms with Crippen LogP contribution >= 0.6 is 23.4 Å². The molecule has 1 aromatic rings. The third-order valence-electron chi connectivity index (χ3n) is 17.1. The van der Waals surface area contributed by atoms with Crippen LogP contribution in [0, 0.1) is 17.8 Å². The number of nitrogens with one attached hydrogen (secondary N) is 5. The monoisotopic (exact) mass is 1270 g/mol. The third kappa shape index (κ3) is 18.5. The standard InChI is InChI=1S/C60H86ClN9O17S/c1-33-13-12-15-45(84-9)60(82)28-43(85-58(81)67-60)34(2)54-59(5,87-54)46(27-51(76)69(7)41-24-38(23-33)25-42(83-8)53(41)61)86-57(80)35(3)68(6)50(75)20-22-88-44-26-52(77)70(56(44)79)32-37-16-18-39(19-17-37)55(78)63-21-11-10-14-40(36(4)71)66-49(74)31-65-48(73)30-64-47(72)29-62/h12-13,15,24-25,34-35,37,39-40,43-46,54,82H,10-11,14,16-23,26-32,62H2,1-9H3,(H,63,78)(H,64,72)(H,65,73)(H,66,74)(H,67,81)/b15-12+,33-13+/t34-,35+,37?,39?,40?,43?,44?,45-,46+,54+,59+,60+/m1/s1. The fourth-order valence-corrected chi connectivity index (χ4v) is 12.9.